The molecule has 0 saturated carbocycles. The molecule has 0 aliphatic carbocycles. The lowest BCUT2D eigenvalue weighted by atomic mass is 9.90. The van der Waals surface area contributed by atoms with Gasteiger partial charge >= 0.3 is 0 Å². The number of aromatic nitrogens is 4. The molecule has 2 heterocycles. The monoisotopic (exact) mass is 611 g/mol. The minimum Gasteiger partial charge on any atom is -0.265 e. The molecule has 0 fully saturated rings. The van der Waals surface area contributed by atoms with Crippen molar-refractivity contribution < 1.29 is 0 Å². The second-order valence-electron chi connectivity index (χ2n) is 11.9. The van der Waals surface area contributed by atoms with Crippen LogP contribution in [0.4, 0.5) is 0 Å². The summed E-state index contributed by atoms with van der Waals surface area (Å²) >= 11 is 0. The van der Waals surface area contributed by atoms with E-state index in [1.165, 1.54) is 37.9 Å². The van der Waals surface area contributed by atoms with Gasteiger partial charge in [-0.2, -0.15) is 5.26 Å². The summed E-state index contributed by atoms with van der Waals surface area (Å²) in [4.78, 5) is 18.9. The van der Waals surface area contributed by atoms with Crippen LogP contribution in [0.2, 0.25) is 0 Å². The summed E-state index contributed by atoms with van der Waals surface area (Å²) in [5.41, 5.74) is 7.68. The fourth-order valence-corrected chi connectivity index (χ4v) is 6.60. The van der Waals surface area contributed by atoms with Crippen molar-refractivity contribution in [1.82, 2.24) is 19.9 Å². The van der Waals surface area contributed by atoms with Crippen molar-refractivity contribution in [2.75, 3.05) is 0 Å². The predicted octanol–water partition coefficient (Wildman–Crippen LogP) is 10.4. The number of pyridine rings is 1. The molecule has 0 spiro atoms. The molecule has 0 N–H and O–H groups in total. The molecular formula is C43H25N5. The molecule has 0 atom stereocenters. The second kappa shape index (κ2) is 11.2. The number of benzene rings is 7. The van der Waals surface area contributed by atoms with Gasteiger partial charge in [-0.05, 0) is 91.0 Å². The first-order chi connectivity index (χ1) is 23.7. The average molecular weight is 612 g/mol. The van der Waals surface area contributed by atoms with E-state index in [4.69, 9.17) is 15.0 Å². The van der Waals surface area contributed by atoms with E-state index in [-0.39, 0.29) is 0 Å². The van der Waals surface area contributed by atoms with Gasteiger partial charge in [-0.15, -0.1) is 0 Å². The van der Waals surface area contributed by atoms with Crippen LogP contribution in [0.5, 0.6) is 0 Å². The maximum absolute atomic E-state index is 9.33. The van der Waals surface area contributed by atoms with Crippen LogP contribution >= 0.6 is 0 Å². The second-order valence-corrected chi connectivity index (χ2v) is 11.9. The van der Waals surface area contributed by atoms with E-state index in [1.54, 1.807) is 24.5 Å². The molecule has 0 unspecified atom stereocenters. The Labute approximate surface area is 276 Å². The van der Waals surface area contributed by atoms with Gasteiger partial charge < -0.3 is 0 Å². The minimum absolute atomic E-state index is 0.550. The summed E-state index contributed by atoms with van der Waals surface area (Å²) in [7, 11) is 0. The van der Waals surface area contributed by atoms with Crippen molar-refractivity contribution in [1.29, 1.82) is 5.26 Å². The smallest absolute Gasteiger partial charge is 0.164 e. The van der Waals surface area contributed by atoms with Gasteiger partial charge in [0, 0.05) is 29.1 Å². The number of hydrogen-bond donors (Lipinski definition) is 0. The lowest BCUT2D eigenvalue weighted by Gasteiger charge is -2.14. The highest BCUT2D eigenvalue weighted by atomic mass is 15.0. The molecular weight excluding hydrogens is 587 g/mol. The Morgan fingerprint density at radius 2 is 0.854 bits per heavy atom. The first-order valence-corrected chi connectivity index (χ1v) is 15.8. The van der Waals surface area contributed by atoms with E-state index < -0.39 is 0 Å². The van der Waals surface area contributed by atoms with E-state index in [9.17, 15) is 5.26 Å². The van der Waals surface area contributed by atoms with E-state index in [0.29, 0.717) is 23.0 Å². The maximum Gasteiger partial charge on any atom is 0.164 e. The largest absolute Gasteiger partial charge is 0.265 e. The van der Waals surface area contributed by atoms with Crippen molar-refractivity contribution in [3.63, 3.8) is 0 Å². The molecule has 5 nitrogen and oxygen atoms in total. The van der Waals surface area contributed by atoms with E-state index in [1.807, 2.05) is 36.4 Å². The number of nitrogens with zero attached hydrogens (tertiary/aromatic N) is 5. The maximum atomic E-state index is 9.33. The van der Waals surface area contributed by atoms with Crippen molar-refractivity contribution in [3.8, 4) is 62.5 Å². The van der Waals surface area contributed by atoms with E-state index >= 15 is 0 Å². The van der Waals surface area contributed by atoms with Crippen LogP contribution in [-0.2, 0) is 0 Å². The van der Waals surface area contributed by atoms with Gasteiger partial charge in [0.25, 0.3) is 0 Å². The van der Waals surface area contributed by atoms with Crippen LogP contribution in [-0.4, -0.2) is 19.9 Å². The van der Waals surface area contributed by atoms with Gasteiger partial charge in [0.2, 0.25) is 0 Å². The standard InChI is InChI=1S/C43H25N5/c44-26-27-4-6-34(7-5-27)41-46-42(35-14-8-28(9-15-35)29-22-24-45-25-23-29)48-43(47-41)36-16-10-30(11-17-36)37-20-18-33-13-12-31-2-1-3-32-19-21-38(37)40(33)39(31)32/h1-25H. The van der Waals surface area contributed by atoms with Crippen LogP contribution in [0, 0.1) is 11.3 Å². The van der Waals surface area contributed by atoms with Gasteiger partial charge in [-0.1, -0.05) is 103 Å². The summed E-state index contributed by atoms with van der Waals surface area (Å²) in [6.07, 6.45) is 3.58. The molecule has 0 bridgehead atoms. The SMILES string of the molecule is N#Cc1ccc(-c2nc(-c3ccc(-c4ccncc4)cc3)nc(-c3ccc(-c4ccc5ccc6cccc7ccc4c5c67)cc3)n2)cc1. The van der Waals surface area contributed by atoms with Crippen molar-refractivity contribution in [2.24, 2.45) is 0 Å². The molecule has 9 rings (SSSR count). The van der Waals surface area contributed by atoms with Crippen LogP contribution in [0.15, 0.2) is 152 Å². The molecule has 222 valence electrons. The molecule has 7 aromatic carbocycles. The van der Waals surface area contributed by atoms with E-state index in [0.717, 1.165) is 33.4 Å². The Balaban J connectivity index is 1.13. The Morgan fingerprint density at radius 1 is 0.396 bits per heavy atom. The summed E-state index contributed by atoms with van der Waals surface area (Å²) in [5, 5.41) is 16.9. The molecule has 9 aromatic rings. The van der Waals surface area contributed by atoms with Crippen molar-refractivity contribution in [3.05, 3.63) is 157 Å². The van der Waals surface area contributed by atoms with Gasteiger partial charge in [-0.25, -0.2) is 15.0 Å². The Kier molecular flexibility index (Phi) is 6.45. The van der Waals surface area contributed by atoms with Gasteiger partial charge in [-0.3, -0.25) is 4.98 Å². The molecule has 0 amide bonds. The highest BCUT2D eigenvalue weighted by Gasteiger charge is 2.15. The molecule has 2 aromatic heterocycles. The third-order valence-electron chi connectivity index (χ3n) is 9.05. The van der Waals surface area contributed by atoms with Crippen LogP contribution < -0.4 is 0 Å². The minimum atomic E-state index is 0.550. The number of rotatable bonds is 5. The zero-order valence-corrected chi connectivity index (χ0v) is 25.7. The highest BCUT2D eigenvalue weighted by molar-refractivity contribution is 6.25. The third-order valence-corrected chi connectivity index (χ3v) is 9.05. The third kappa shape index (κ3) is 4.72. The molecule has 0 radical (unpaired) electrons. The quantitative estimate of drug-likeness (QED) is 0.181. The Hall–Kier alpha value is -6.77. The highest BCUT2D eigenvalue weighted by Crippen LogP contribution is 2.39. The first-order valence-electron chi connectivity index (χ1n) is 15.8. The lowest BCUT2D eigenvalue weighted by Crippen LogP contribution is -2.00. The molecule has 0 saturated heterocycles. The number of nitriles is 1. The fraction of sp³-hybridized carbons (Fsp3) is 0. The number of hydrogen-bond acceptors (Lipinski definition) is 5. The lowest BCUT2D eigenvalue weighted by molar-refractivity contribution is 1.07. The molecule has 0 aliphatic heterocycles. The Morgan fingerprint density at radius 3 is 1.44 bits per heavy atom. The Bertz CT molecular complexity index is 2620. The molecule has 0 aliphatic rings. The van der Waals surface area contributed by atoms with Crippen LogP contribution in [0.25, 0.3) is 88.7 Å². The zero-order valence-electron chi connectivity index (χ0n) is 25.7. The summed E-state index contributed by atoms with van der Waals surface area (Å²) in [6, 6.07) is 50.0. The molecule has 48 heavy (non-hydrogen) atoms. The first kappa shape index (κ1) is 27.5. The van der Waals surface area contributed by atoms with E-state index in [2.05, 4.69) is 102 Å². The normalized spacial score (nSPS) is 11.3. The summed E-state index contributed by atoms with van der Waals surface area (Å²) < 4.78 is 0. The average Bonchev–Trinajstić information content (AvgIpc) is 3.17. The van der Waals surface area contributed by atoms with Crippen molar-refractivity contribution in [2.45, 2.75) is 0 Å². The van der Waals surface area contributed by atoms with Crippen LogP contribution in [0.1, 0.15) is 5.56 Å². The molecule has 5 heteroatoms. The summed E-state index contributed by atoms with van der Waals surface area (Å²) in [6.45, 7) is 0. The summed E-state index contributed by atoms with van der Waals surface area (Å²) in [5.74, 6) is 1.71. The zero-order chi connectivity index (χ0) is 32.0. The van der Waals surface area contributed by atoms with Crippen molar-refractivity contribution >= 4 is 32.3 Å². The van der Waals surface area contributed by atoms with Gasteiger partial charge in [0.1, 0.15) is 0 Å². The van der Waals surface area contributed by atoms with Gasteiger partial charge in [0.15, 0.2) is 17.5 Å². The fourth-order valence-electron chi connectivity index (χ4n) is 6.60. The topological polar surface area (TPSA) is 75.3 Å². The van der Waals surface area contributed by atoms with Gasteiger partial charge in [0.05, 0.1) is 11.6 Å². The predicted molar refractivity (Wildman–Crippen MR) is 193 cm³/mol. The van der Waals surface area contributed by atoms with Crippen LogP contribution in [0.3, 0.4) is 0 Å².